The second-order valence-electron chi connectivity index (χ2n) is 4.92. The number of nitrogens with zero attached hydrogens (tertiary/aromatic N) is 2. The standard InChI is InChI=1S/C17H13N3O2/c1-11(21)12-4-6-16(7-5-12)20-17(22)13-2-3-14-9-18-19-10-15(14)8-13/h2-10H,1H3,(H,20,22). The zero-order chi connectivity index (χ0) is 15.5. The van der Waals surface area contributed by atoms with Gasteiger partial charge in [0.2, 0.25) is 0 Å². The molecule has 1 heterocycles. The lowest BCUT2D eigenvalue weighted by atomic mass is 10.1. The monoisotopic (exact) mass is 291 g/mol. The Hall–Kier alpha value is -3.08. The number of hydrogen-bond donors (Lipinski definition) is 1. The maximum absolute atomic E-state index is 12.3. The lowest BCUT2D eigenvalue weighted by Gasteiger charge is -2.06. The average molecular weight is 291 g/mol. The number of carbonyl (C=O) groups is 2. The van der Waals surface area contributed by atoms with Gasteiger partial charge in [0, 0.05) is 27.6 Å². The SMILES string of the molecule is CC(=O)c1ccc(NC(=O)c2ccc3cnncc3c2)cc1. The molecule has 5 heteroatoms. The van der Waals surface area contributed by atoms with Crippen molar-refractivity contribution in [2.24, 2.45) is 0 Å². The third-order valence-corrected chi connectivity index (χ3v) is 3.36. The minimum Gasteiger partial charge on any atom is -0.322 e. The van der Waals surface area contributed by atoms with E-state index in [0.717, 1.165) is 10.8 Å². The van der Waals surface area contributed by atoms with Crippen LogP contribution in [0.1, 0.15) is 27.6 Å². The molecule has 0 aliphatic carbocycles. The molecule has 0 aliphatic heterocycles. The second kappa shape index (κ2) is 5.73. The summed E-state index contributed by atoms with van der Waals surface area (Å²) in [6.45, 7) is 1.51. The van der Waals surface area contributed by atoms with Gasteiger partial charge >= 0.3 is 0 Å². The highest BCUT2D eigenvalue weighted by Crippen LogP contribution is 2.16. The first-order chi connectivity index (χ1) is 10.6. The van der Waals surface area contributed by atoms with Crippen LogP contribution in [0, 0.1) is 0 Å². The zero-order valence-corrected chi connectivity index (χ0v) is 11.9. The Morgan fingerprint density at radius 3 is 2.18 bits per heavy atom. The molecule has 0 saturated heterocycles. The van der Waals surface area contributed by atoms with E-state index < -0.39 is 0 Å². The van der Waals surface area contributed by atoms with Gasteiger partial charge in [0.1, 0.15) is 0 Å². The van der Waals surface area contributed by atoms with Crippen LogP contribution >= 0.6 is 0 Å². The summed E-state index contributed by atoms with van der Waals surface area (Å²) < 4.78 is 0. The number of Topliss-reactive ketones (excluding diaryl/α,β-unsaturated/α-hetero) is 1. The summed E-state index contributed by atoms with van der Waals surface area (Å²) in [5.74, 6) is -0.220. The van der Waals surface area contributed by atoms with Gasteiger partial charge in [0.25, 0.3) is 5.91 Å². The Morgan fingerprint density at radius 2 is 1.50 bits per heavy atom. The summed E-state index contributed by atoms with van der Waals surface area (Å²) in [6.07, 6.45) is 3.27. The van der Waals surface area contributed by atoms with Crippen LogP contribution in [0.15, 0.2) is 54.9 Å². The van der Waals surface area contributed by atoms with Crippen LogP contribution in [0.25, 0.3) is 10.8 Å². The molecule has 2 aromatic carbocycles. The lowest BCUT2D eigenvalue weighted by Crippen LogP contribution is -2.11. The van der Waals surface area contributed by atoms with Gasteiger partial charge in [-0.2, -0.15) is 10.2 Å². The molecule has 3 aromatic rings. The lowest BCUT2D eigenvalue weighted by molar-refractivity contribution is 0.101. The average Bonchev–Trinajstić information content (AvgIpc) is 2.55. The molecule has 0 atom stereocenters. The number of rotatable bonds is 3. The van der Waals surface area contributed by atoms with Crippen molar-refractivity contribution in [2.75, 3.05) is 5.32 Å². The summed E-state index contributed by atoms with van der Waals surface area (Å²) in [5.41, 5.74) is 1.79. The van der Waals surface area contributed by atoms with Gasteiger partial charge in [0.15, 0.2) is 5.78 Å². The number of fused-ring (bicyclic) bond motifs is 1. The van der Waals surface area contributed by atoms with Crippen LogP contribution in [0.4, 0.5) is 5.69 Å². The number of hydrogen-bond acceptors (Lipinski definition) is 4. The third-order valence-electron chi connectivity index (χ3n) is 3.36. The number of amides is 1. The Bertz CT molecular complexity index is 857. The van der Waals surface area contributed by atoms with E-state index >= 15 is 0 Å². The Morgan fingerprint density at radius 1 is 0.864 bits per heavy atom. The van der Waals surface area contributed by atoms with Crippen molar-refractivity contribution in [1.82, 2.24) is 10.2 Å². The Labute approximate surface area is 127 Å². The predicted octanol–water partition coefficient (Wildman–Crippen LogP) is 3.08. The first-order valence-corrected chi connectivity index (χ1v) is 6.76. The third kappa shape index (κ3) is 2.83. The highest BCUT2D eigenvalue weighted by atomic mass is 16.1. The van der Waals surface area contributed by atoms with E-state index in [1.165, 1.54) is 6.92 Å². The van der Waals surface area contributed by atoms with Gasteiger partial charge in [-0.3, -0.25) is 9.59 Å². The van der Waals surface area contributed by atoms with E-state index in [1.54, 1.807) is 48.8 Å². The molecule has 0 radical (unpaired) electrons. The van der Waals surface area contributed by atoms with E-state index in [1.807, 2.05) is 6.07 Å². The van der Waals surface area contributed by atoms with Crippen molar-refractivity contribution in [3.63, 3.8) is 0 Å². The molecule has 108 valence electrons. The van der Waals surface area contributed by atoms with Crippen molar-refractivity contribution in [1.29, 1.82) is 0 Å². The zero-order valence-electron chi connectivity index (χ0n) is 11.9. The van der Waals surface area contributed by atoms with Crippen LogP contribution in [0.5, 0.6) is 0 Å². The summed E-state index contributed by atoms with van der Waals surface area (Å²) in [6, 6.07) is 12.1. The molecule has 0 spiro atoms. The molecule has 0 fully saturated rings. The molecule has 0 aliphatic rings. The van der Waals surface area contributed by atoms with Gasteiger partial charge in [-0.05, 0) is 43.3 Å². The van der Waals surface area contributed by atoms with Crippen LogP contribution < -0.4 is 5.32 Å². The first kappa shape index (κ1) is 13.9. The normalized spacial score (nSPS) is 10.4. The number of carbonyl (C=O) groups excluding carboxylic acids is 2. The van der Waals surface area contributed by atoms with Crippen molar-refractivity contribution < 1.29 is 9.59 Å². The number of anilines is 1. The highest BCUT2D eigenvalue weighted by Gasteiger charge is 2.07. The number of benzene rings is 2. The maximum Gasteiger partial charge on any atom is 0.255 e. The quantitative estimate of drug-likeness (QED) is 0.753. The van der Waals surface area contributed by atoms with Crippen molar-refractivity contribution >= 4 is 28.2 Å². The molecule has 3 rings (SSSR count). The number of ketones is 1. The minimum atomic E-state index is -0.214. The fraction of sp³-hybridized carbons (Fsp3) is 0.0588. The summed E-state index contributed by atoms with van der Waals surface area (Å²) in [4.78, 5) is 23.5. The van der Waals surface area contributed by atoms with Crippen LogP contribution in [0.2, 0.25) is 0 Å². The fourth-order valence-electron chi connectivity index (χ4n) is 2.13. The van der Waals surface area contributed by atoms with Crippen LogP contribution in [-0.4, -0.2) is 21.9 Å². The molecule has 5 nitrogen and oxygen atoms in total. The largest absolute Gasteiger partial charge is 0.322 e. The topological polar surface area (TPSA) is 72.0 Å². The number of aromatic nitrogens is 2. The van der Waals surface area contributed by atoms with Crippen LogP contribution in [-0.2, 0) is 0 Å². The molecule has 0 bridgehead atoms. The first-order valence-electron chi connectivity index (χ1n) is 6.76. The Balaban J connectivity index is 1.81. The van der Waals surface area contributed by atoms with Gasteiger partial charge in [-0.25, -0.2) is 0 Å². The molecule has 1 amide bonds. The summed E-state index contributed by atoms with van der Waals surface area (Å²) in [7, 11) is 0. The van der Waals surface area contributed by atoms with Crippen molar-refractivity contribution in [2.45, 2.75) is 6.92 Å². The second-order valence-corrected chi connectivity index (χ2v) is 4.92. The van der Waals surface area contributed by atoms with Gasteiger partial charge in [-0.1, -0.05) is 6.07 Å². The van der Waals surface area contributed by atoms with Crippen LogP contribution in [0.3, 0.4) is 0 Å². The molecule has 1 aromatic heterocycles. The molecular formula is C17H13N3O2. The van der Waals surface area contributed by atoms with E-state index in [0.29, 0.717) is 16.8 Å². The van der Waals surface area contributed by atoms with E-state index in [4.69, 9.17) is 0 Å². The molecule has 22 heavy (non-hydrogen) atoms. The van der Waals surface area contributed by atoms with E-state index in [9.17, 15) is 9.59 Å². The summed E-state index contributed by atoms with van der Waals surface area (Å²) >= 11 is 0. The van der Waals surface area contributed by atoms with Gasteiger partial charge in [0.05, 0.1) is 12.4 Å². The Kier molecular flexibility index (Phi) is 3.62. The van der Waals surface area contributed by atoms with Gasteiger partial charge in [-0.15, -0.1) is 0 Å². The number of nitrogens with one attached hydrogen (secondary N) is 1. The minimum absolute atomic E-state index is 0.00600. The van der Waals surface area contributed by atoms with Crippen molar-refractivity contribution in [3.8, 4) is 0 Å². The maximum atomic E-state index is 12.3. The summed E-state index contributed by atoms with van der Waals surface area (Å²) in [5, 5.41) is 12.2. The smallest absolute Gasteiger partial charge is 0.255 e. The molecule has 1 N–H and O–H groups in total. The molecular weight excluding hydrogens is 278 g/mol. The van der Waals surface area contributed by atoms with Crippen molar-refractivity contribution in [3.05, 3.63) is 66.0 Å². The highest BCUT2D eigenvalue weighted by molar-refractivity contribution is 6.06. The predicted molar refractivity (Wildman–Crippen MR) is 83.9 cm³/mol. The van der Waals surface area contributed by atoms with Gasteiger partial charge < -0.3 is 5.32 Å². The fourth-order valence-corrected chi connectivity index (χ4v) is 2.13. The molecule has 0 saturated carbocycles. The van der Waals surface area contributed by atoms with E-state index in [2.05, 4.69) is 15.5 Å². The molecule has 0 unspecified atom stereocenters. The van der Waals surface area contributed by atoms with E-state index in [-0.39, 0.29) is 11.7 Å².